The van der Waals surface area contributed by atoms with E-state index in [4.69, 9.17) is 4.98 Å². The molecule has 1 saturated heterocycles. The number of aromatic nitrogens is 2. The van der Waals surface area contributed by atoms with E-state index in [0.717, 1.165) is 26.1 Å². The van der Waals surface area contributed by atoms with E-state index in [1.54, 1.807) is 0 Å². The van der Waals surface area contributed by atoms with E-state index in [9.17, 15) is 0 Å². The van der Waals surface area contributed by atoms with Crippen molar-refractivity contribution in [3.05, 3.63) is 11.9 Å². The molecule has 2 heterocycles. The van der Waals surface area contributed by atoms with Crippen LogP contribution in [0.1, 0.15) is 51.3 Å². The molecule has 0 unspecified atom stereocenters. The number of hydrogen-bond donors (Lipinski definition) is 1. The molecule has 0 aromatic carbocycles. The molecule has 0 spiro atoms. The van der Waals surface area contributed by atoms with Crippen LogP contribution in [0.2, 0.25) is 0 Å². The molecule has 1 saturated carbocycles. The largest absolute Gasteiger partial charge is 0.339 e. The van der Waals surface area contributed by atoms with Crippen LogP contribution in [0.3, 0.4) is 0 Å². The summed E-state index contributed by atoms with van der Waals surface area (Å²) in [4.78, 5) is 7.36. The lowest BCUT2D eigenvalue weighted by molar-refractivity contribution is 0.457. The molecule has 0 bridgehead atoms. The van der Waals surface area contributed by atoms with Crippen molar-refractivity contribution in [1.82, 2.24) is 14.9 Å². The van der Waals surface area contributed by atoms with Gasteiger partial charge in [-0.05, 0) is 26.2 Å². The third-order valence-electron chi connectivity index (χ3n) is 4.49. The third kappa shape index (κ3) is 2.64. The van der Waals surface area contributed by atoms with Gasteiger partial charge in [0.1, 0.15) is 0 Å². The van der Waals surface area contributed by atoms with Gasteiger partial charge in [0, 0.05) is 37.9 Å². The van der Waals surface area contributed by atoms with Crippen LogP contribution in [-0.4, -0.2) is 35.2 Å². The summed E-state index contributed by atoms with van der Waals surface area (Å²) in [6, 6.07) is 1.25. The fourth-order valence-corrected chi connectivity index (χ4v) is 3.40. The summed E-state index contributed by atoms with van der Waals surface area (Å²) in [6.07, 6.45) is 8.75. The van der Waals surface area contributed by atoms with Crippen LogP contribution in [-0.2, 0) is 6.42 Å². The van der Waals surface area contributed by atoms with Crippen molar-refractivity contribution in [2.24, 2.45) is 0 Å². The molecule has 0 amide bonds. The highest BCUT2D eigenvalue weighted by Gasteiger charge is 2.25. The lowest BCUT2D eigenvalue weighted by atomic mass is 10.2. The molecule has 3 rings (SSSR count). The van der Waals surface area contributed by atoms with E-state index in [0.29, 0.717) is 12.1 Å². The summed E-state index contributed by atoms with van der Waals surface area (Å²) >= 11 is 0. The predicted octanol–water partition coefficient (Wildman–Crippen LogP) is 2.36. The monoisotopic (exact) mass is 262 g/mol. The number of nitrogens with zero attached hydrogens (tertiary/aromatic N) is 3. The number of imidazole rings is 1. The lowest BCUT2D eigenvalue weighted by Gasteiger charge is -2.33. The first kappa shape index (κ1) is 13.0. The zero-order valence-electron chi connectivity index (χ0n) is 12.2. The normalized spacial score (nSPS) is 25.2. The van der Waals surface area contributed by atoms with Crippen LogP contribution in [0.4, 0.5) is 5.95 Å². The molecule has 1 aliphatic carbocycles. The zero-order chi connectivity index (χ0) is 13.2. The van der Waals surface area contributed by atoms with Gasteiger partial charge in [0.15, 0.2) is 0 Å². The molecule has 1 aliphatic heterocycles. The van der Waals surface area contributed by atoms with Crippen LogP contribution >= 0.6 is 0 Å². The number of rotatable bonds is 3. The van der Waals surface area contributed by atoms with E-state index < -0.39 is 0 Å². The zero-order valence-corrected chi connectivity index (χ0v) is 12.2. The average molecular weight is 262 g/mol. The minimum atomic E-state index is 0.563. The Morgan fingerprint density at radius 1 is 1.37 bits per heavy atom. The van der Waals surface area contributed by atoms with Crippen molar-refractivity contribution in [2.45, 2.75) is 58.0 Å². The van der Waals surface area contributed by atoms with Gasteiger partial charge in [-0.3, -0.25) is 0 Å². The number of nitrogens with one attached hydrogen (secondary N) is 1. The van der Waals surface area contributed by atoms with E-state index in [-0.39, 0.29) is 0 Å². The van der Waals surface area contributed by atoms with Crippen LogP contribution in [0.15, 0.2) is 6.20 Å². The van der Waals surface area contributed by atoms with Gasteiger partial charge in [-0.25, -0.2) is 4.98 Å². The Morgan fingerprint density at radius 3 is 2.84 bits per heavy atom. The van der Waals surface area contributed by atoms with Crippen LogP contribution < -0.4 is 10.2 Å². The topological polar surface area (TPSA) is 33.1 Å². The molecule has 1 atom stereocenters. The molecule has 106 valence electrons. The molecule has 2 fully saturated rings. The van der Waals surface area contributed by atoms with Crippen molar-refractivity contribution in [1.29, 1.82) is 0 Å². The molecule has 0 radical (unpaired) electrons. The Hall–Kier alpha value is -1.03. The van der Waals surface area contributed by atoms with Crippen LogP contribution in [0, 0.1) is 0 Å². The van der Waals surface area contributed by atoms with Gasteiger partial charge in [0.2, 0.25) is 5.95 Å². The molecule has 4 nitrogen and oxygen atoms in total. The third-order valence-corrected chi connectivity index (χ3v) is 4.49. The van der Waals surface area contributed by atoms with Gasteiger partial charge >= 0.3 is 0 Å². The Balaban J connectivity index is 1.87. The van der Waals surface area contributed by atoms with Gasteiger partial charge in [-0.1, -0.05) is 19.8 Å². The fourth-order valence-electron chi connectivity index (χ4n) is 3.40. The van der Waals surface area contributed by atoms with Crippen molar-refractivity contribution in [3.8, 4) is 0 Å². The molecular weight excluding hydrogens is 236 g/mol. The molecule has 4 heteroatoms. The number of piperazine rings is 1. The van der Waals surface area contributed by atoms with E-state index in [2.05, 4.69) is 34.8 Å². The summed E-state index contributed by atoms with van der Waals surface area (Å²) in [5, 5.41) is 3.51. The van der Waals surface area contributed by atoms with Crippen molar-refractivity contribution < 1.29 is 0 Å². The Bertz CT molecular complexity index is 420. The average Bonchev–Trinajstić information content (AvgIpc) is 3.07. The first-order valence-electron chi connectivity index (χ1n) is 7.84. The number of hydrogen-bond acceptors (Lipinski definition) is 3. The van der Waals surface area contributed by atoms with Crippen LogP contribution in [0.5, 0.6) is 0 Å². The quantitative estimate of drug-likeness (QED) is 0.908. The molecule has 1 aromatic heterocycles. The van der Waals surface area contributed by atoms with Crippen molar-refractivity contribution in [2.75, 3.05) is 24.5 Å². The minimum absolute atomic E-state index is 0.563. The SMILES string of the molecule is CCc1cn(C2CCCC2)c(N2CCN[C@H](C)C2)n1. The lowest BCUT2D eigenvalue weighted by Crippen LogP contribution is -2.50. The molecule has 19 heavy (non-hydrogen) atoms. The standard InChI is InChI=1S/C15H26N4/c1-3-13-11-19(14-6-4-5-7-14)15(17-13)18-9-8-16-12(2)10-18/h11-12,14,16H,3-10H2,1-2H3/t12-/m1/s1. The van der Waals surface area contributed by atoms with Gasteiger partial charge in [-0.2, -0.15) is 0 Å². The number of aryl methyl sites for hydroxylation is 1. The Morgan fingerprint density at radius 2 is 2.16 bits per heavy atom. The maximum Gasteiger partial charge on any atom is 0.206 e. The van der Waals surface area contributed by atoms with E-state index in [1.165, 1.54) is 37.3 Å². The summed E-state index contributed by atoms with van der Waals surface area (Å²) in [5.41, 5.74) is 1.24. The molecule has 2 aliphatic rings. The smallest absolute Gasteiger partial charge is 0.206 e. The summed E-state index contributed by atoms with van der Waals surface area (Å²) in [7, 11) is 0. The summed E-state index contributed by atoms with van der Waals surface area (Å²) < 4.78 is 2.48. The molecule has 1 aromatic rings. The second kappa shape index (κ2) is 5.53. The van der Waals surface area contributed by atoms with E-state index >= 15 is 0 Å². The highest BCUT2D eigenvalue weighted by atomic mass is 15.3. The maximum absolute atomic E-state index is 4.89. The predicted molar refractivity (Wildman–Crippen MR) is 78.8 cm³/mol. The van der Waals surface area contributed by atoms with E-state index in [1.807, 2.05) is 0 Å². The second-order valence-electron chi connectivity index (χ2n) is 6.03. The first-order chi connectivity index (χ1) is 9.28. The molecular formula is C15H26N4. The highest BCUT2D eigenvalue weighted by molar-refractivity contribution is 5.36. The Kier molecular flexibility index (Phi) is 3.78. The maximum atomic E-state index is 4.89. The van der Waals surface area contributed by atoms with Gasteiger partial charge in [0.05, 0.1) is 5.69 Å². The van der Waals surface area contributed by atoms with Crippen LogP contribution in [0.25, 0.3) is 0 Å². The Labute approximate surface area is 116 Å². The summed E-state index contributed by atoms with van der Waals surface area (Å²) in [6.45, 7) is 7.69. The van der Waals surface area contributed by atoms with Crippen molar-refractivity contribution >= 4 is 5.95 Å². The van der Waals surface area contributed by atoms with Gasteiger partial charge in [-0.15, -0.1) is 0 Å². The molecule has 1 N–H and O–H groups in total. The highest BCUT2D eigenvalue weighted by Crippen LogP contribution is 2.33. The first-order valence-corrected chi connectivity index (χ1v) is 7.84. The van der Waals surface area contributed by atoms with Gasteiger partial charge in [0.25, 0.3) is 0 Å². The number of anilines is 1. The fraction of sp³-hybridized carbons (Fsp3) is 0.800. The second-order valence-corrected chi connectivity index (χ2v) is 6.03. The van der Waals surface area contributed by atoms with Crippen molar-refractivity contribution in [3.63, 3.8) is 0 Å². The van der Waals surface area contributed by atoms with Gasteiger partial charge < -0.3 is 14.8 Å². The summed E-state index contributed by atoms with van der Waals surface area (Å²) in [5.74, 6) is 1.22. The minimum Gasteiger partial charge on any atom is -0.339 e.